The summed E-state index contributed by atoms with van der Waals surface area (Å²) in [6.45, 7) is 1.49. The molecule has 1 saturated heterocycles. The van der Waals surface area contributed by atoms with Gasteiger partial charge in [0.05, 0.1) is 13.2 Å². The number of hydrogen-bond acceptors (Lipinski definition) is 5. The molecule has 1 aliphatic heterocycles. The Labute approximate surface area is 141 Å². The van der Waals surface area contributed by atoms with Gasteiger partial charge in [-0.2, -0.15) is 0 Å². The number of rotatable bonds is 5. The van der Waals surface area contributed by atoms with Crippen LogP contribution < -0.4 is 4.74 Å². The van der Waals surface area contributed by atoms with Crippen molar-refractivity contribution >= 4 is 0 Å². The lowest BCUT2D eigenvalue weighted by Gasteiger charge is -2.39. The van der Waals surface area contributed by atoms with Crippen LogP contribution in [0.2, 0.25) is 0 Å². The van der Waals surface area contributed by atoms with E-state index in [1.165, 1.54) is 13.2 Å². The Balaban J connectivity index is 1.75. The van der Waals surface area contributed by atoms with E-state index in [-0.39, 0.29) is 11.9 Å². The monoisotopic (exact) mass is 331 g/mol. The van der Waals surface area contributed by atoms with Gasteiger partial charge >= 0.3 is 6.01 Å². The van der Waals surface area contributed by atoms with E-state index < -0.39 is 6.10 Å². The maximum absolute atomic E-state index is 14.0. The van der Waals surface area contributed by atoms with Crippen LogP contribution in [-0.2, 0) is 13.0 Å². The Kier molecular flexibility index (Phi) is 5.37. The van der Waals surface area contributed by atoms with Gasteiger partial charge in [0.1, 0.15) is 5.82 Å². The molecule has 24 heavy (non-hydrogen) atoms. The molecular weight excluding hydrogens is 309 g/mol. The van der Waals surface area contributed by atoms with Crippen LogP contribution in [0, 0.1) is 5.82 Å². The minimum atomic E-state index is -0.461. The van der Waals surface area contributed by atoms with Gasteiger partial charge in [-0.05, 0) is 37.4 Å². The van der Waals surface area contributed by atoms with Crippen molar-refractivity contribution in [1.82, 2.24) is 14.9 Å². The predicted molar refractivity (Wildman–Crippen MR) is 88.1 cm³/mol. The summed E-state index contributed by atoms with van der Waals surface area (Å²) in [6.07, 6.45) is 5.16. The fraction of sp³-hybridized carbons (Fsp3) is 0.444. The van der Waals surface area contributed by atoms with Crippen molar-refractivity contribution in [1.29, 1.82) is 0 Å². The quantitative estimate of drug-likeness (QED) is 0.910. The number of ether oxygens (including phenoxy) is 1. The minimum absolute atomic E-state index is 0.113. The summed E-state index contributed by atoms with van der Waals surface area (Å²) in [5, 5.41) is 10.4. The second kappa shape index (κ2) is 7.68. The first-order valence-corrected chi connectivity index (χ1v) is 8.18. The van der Waals surface area contributed by atoms with E-state index in [1.54, 1.807) is 24.5 Å². The Morgan fingerprint density at radius 1 is 1.29 bits per heavy atom. The summed E-state index contributed by atoms with van der Waals surface area (Å²) in [5.41, 5.74) is 1.59. The van der Waals surface area contributed by atoms with Crippen LogP contribution in [0.3, 0.4) is 0 Å². The van der Waals surface area contributed by atoms with E-state index in [4.69, 9.17) is 4.74 Å². The molecule has 2 heterocycles. The average molecular weight is 331 g/mol. The molecule has 0 aliphatic carbocycles. The molecule has 0 spiro atoms. The van der Waals surface area contributed by atoms with Crippen LogP contribution >= 0.6 is 0 Å². The van der Waals surface area contributed by atoms with Crippen molar-refractivity contribution in [3.05, 3.63) is 53.6 Å². The Bertz CT molecular complexity index is 666. The van der Waals surface area contributed by atoms with Crippen LogP contribution in [0.1, 0.15) is 24.0 Å². The van der Waals surface area contributed by atoms with Gasteiger partial charge in [-0.15, -0.1) is 0 Å². The molecule has 6 heteroatoms. The standard InChI is InChI=1S/C18H22FN3O2/c1-24-18-20-10-13(11-21-18)12-22-8-4-7-17(23)16(22)9-14-5-2-3-6-15(14)19/h2-3,5-6,10-11,16-17,23H,4,7-9,12H2,1H3/t16-,17-/m0/s1. The fourth-order valence-electron chi connectivity index (χ4n) is 3.22. The lowest BCUT2D eigenvalue weighted by atomic mass is 9.92. The van der Waals surface area contributed by atoms with Gasteiger partial charge in [-0.3, -0.25) is 4.90 Å². The maximum Gasteiger partial charge on any atom is 0.316 e. The maximum atomic E-state index is 14.0. The first-order valence-electron chi connectivity index (χ1n) is 8.18. The topological polar surface area (TPSA) is 58.5 Å². The number of methoxy groups -OCH3 is 1. The van der Waals surface area contributed by atoms with Crippen molar-refractivity contribution in [2.75, 3.05) is 13.7 Å². The molecule has 0 amide bonds. The van der Waals surface area contributed by atoms with E-state index in [1.807, 2.05) is 6.07 Å². The van der Waals surface area contributed by atoms with Crippen LogP contribution in [-0.4, -0.2) is 45.8 Å². The highest BCUT2D eigenvalue weighted by molar-refractivity contribution is 5.19. The van der Waals surface area contributed by atoms with Crippen molar-refractivity contribution in [3.8, 4) is 6.01 Å². The van der Waals surface area contributed by atoms with Crippen LogP contribution in [0.4, 0.5) is 4.39 Å². The highest BCUT2D eigenvalue weighted by Gasteiger charge is 2.30. The van der Waals surface area contributed by atoms with Crippen LogP contribution in [0.5, 0.6) is 6.01 Å². The normalized spacial score (nSPS) is 21.6. The molecule has 1 fully saturated rings. The van der Waals surface area contributed by atoms with Crippen molar-refractivity contribution in [2.45, 2.75) is 38.0 Å². The lowest BCUT2D eigenvalue weighted by molar-refractivity contribution is 0.00628. The van der Waals surface area contributed by atoms with Crippen molar-refractivity contribution in [3.63, 3.8) is 0 Å². The third kappa shape index (κ3) is 3.88. The molecule has 1 aliphatic rings. The second-order valence-electron chi connectivity index (χ2n) is 6.12. The number of aliphatic hydroxyl groups excluding tert-OH is 1. The molecule has 2 atom stereocenters. The first-order chi connectivity index (χ1) is 11.7. The van der Waals surface area contributed by atoms with Gasteiger partial charge in [0.25, 0.3) is 0 Å². The van der Waals surface area contributed by atoms with Crippen LogP contribution in [0.15, 0.2) is 36.7 Å². The second-order valence-corrected chi connectivity index (χ2v) is 6.12. The third-order valence-electron chi connectivity index (χ3n) is 4.50. The summed E-state index contributed by atoms with van der Waals surface area (Å²) in [6, 6.07) is 6.98. The number of benzene rings is 1. The van der Waals surface area contributed by atoms with E-state index in [0.717, 1.165) is 24.9 Å². The van der Waals surface area contributed by atoms with Crippen LogP contribution in [0.25, 0.3) is 0 Å². The predicted octanol–water partition coefficient (Wildman–Crippen LogP) is 2.19. The van der Waals surface area contributed by atoms with E-state index in [0.29, 0.717) is 24.5 Å². The van der Waals surface area contributed by atoms with E-state index in [9.17, 15) is 9.50 Å². The SMILES string of the molecule is COc1ncc(CN2CCC[C@H](O)[C@@H]2Cc2ccccc2F)cn1. The average Bonchev–Trinajstić information content (AvgIpc) is 2.60. The third-order valence-corrected chi connectivity index (χ3v) is 4.50. The molecule has 1 N–H and O–H groups in total. The fourth-order valence-corrected chi connectivity index (χ4v) is 3.22. The first kappa shape index (κ1) is 16.8. The molecule has 2 aromatic rings. The highest BCUT2D eigenvalue weighted by Crippen LogP contribution is 2.24. The van der Waals surface area contributed by atoms with Gasteiger partial charge in [0.15, 0.2) is 0 Å². The molecule has 0 bridgehead atoms. The Hall–Kier alpha value is -2.05. The van der Waals surface area contributed by atoms with Crippen molar-refractivity contribution in [2.24, 2.45) is 0 Å². The molecule has 0 unspecified atom stereocenters. The minimum Gasteiger partial charge on any atom is -0.467 e. The number of halogens is 1. The molecule has 5 nitrogen and oxygen atoms in total. The smallest absolute Gasteiger partial charge is 0.316 e. The largest absolute Gasteiger partial charge is 0.467 e. The summed E-state index contributed by atoms with van der Waals surface area (Å²) in [7, 11) is 1.53. The zero-order valence-corrected chi connectivity index (χ0v) is 13.7. The highest BCUT2D eigenvalue weighted by atomic mass is 19.1. The number of likely N-dealkylation sites (tertiary alicyclic amines) is 1. The molecule has 0 saturated carbocycles. The van der Waals surface area contributed by atoms with Crippen molar-refractivity contribution < 1.29 is 14.2 Å². The Morgan fingerprint density at radius 2 is 2.04 bits per heavy atom. The Morgan fingerprint density at radius 3 is 2.75 bits per heavy atom. The number of hydrogen-bond donors (Lipinski definition) is 1. The molecular formula is C18H22FN3O2. The summed E-state index contributed by atoms with van der Waals surface area (Å²) >= 11 is 0. The lowest BCUT2D eigenvalue weighted by Crippen LogP contribution is -2.49. The van der Waals surface area contributed by atoms with E-state index >= 15 is 0 Å². The number of piperidine rings is 1. The van der Waals surface area contributed by atoms with Gasteiger partial charge in [0, 0.05) is 30.5 Å². The molecule has 1 aromatic carbocycles. The van der Waals surface area contributed by atoms with Gasteiger partial charge in [-0.1, -0.05) is 18.2 Å². The van der Waals surface area contributed by atoms with Gasteiger partial charge in [-0.25, -0.2) is 14.4 Å². The molecule has 1 aromatic heterocycles. The zero-order chi connectivity index (χ0) is 16.9. The van der Waals surface area contributed by atoms with Gasteiger partial charge in [0.2, 0.25) is 0 Å². The summed E-state index contributed by atoms with van der Waals surface area (Å²) in [5.74, 6) is -0.219. The summed E-state index contributed by atoms with van der Waals surface area (Å²) in [4.78, 5) is 10.4. The van der Waals surface area contributed by atoms with E-state index in [2.05, 4.69) is 14.9 Å². The number of aromatic nitrogens is 2. The molecule has 0 radical (unpaired) electrons. The number of nitrogens with zero attached hydrogens (tertiary/aromatic N) is 3. The molecule has 128 valence electrons. The summed E-state index contributed by atoms with van der Waals surface area (Å²) < 4.78 is 18.9. The molecule has 3 rings (SSSR count). The zero-order valence-electron chi connectivity index (χ0n) is 13.7. The number of aliphatic hydroxyl groups is 1. The van der Waals surface area contributed by atoms with Gasteiger partial charge < -0.3 is 9.84 Å².